The minimum atomic E-state index is -0.619. The van der Waals surface area contributed by atoms with Crippen LogP contribution in [-0.2, 0) is 4.79 Å². The van der Waals surface area contributed by atoms with Gasteiger partial charge in [0.15, 0.2) is 0 Å². The minimum absolute atomic E-state index is 0.224. The Morgan fingerprint density at radius 3 is 1.57 bits per heavy atom. The molecular formula is C27H29N7O3. The SMILES string of the molecule is COc1ccc(Nc2nc(Nc3ccc(OC)cc3)nc(NC(C)C(=O)Nc3ccc(C)cc3)n2)cc1. The standard InChI is InChI=1S/C27H29N7O3/c1-17-5-7-19(8-6-17)29-24(35)18(2)28-25-32-26(30-20-9-13-22(36-3)14-10-20)34-27(33-25)31-21-11-15-23(37-4)16-12-21/h5-16,18H,1-4H3,(H,29,35)(H3,28,30,31,32,33,34). The Balaban J connectivity index is 1.54. The van der Waals surface area contributed by atoms with E-state index in [2.05, 4.69) is 36.2 Å². The third-order valence-corrected chi connectivity index (χ3v) is 5.39. The number of anilines is 6. The zero-order valence-electron chi connectivity index (χ0n) is 21.1. The van der Waals surface area contributed by atoms with Crippen LogP contribution >= 0.6 is 0 Å². The molecule has 0 fully saturated rings. The molecule has 0 saturated carbocycles. The maximum atomic E-state index is 12.8. The van der Waals surface area contributed by atoms with Crippen LogP contribution in [0.25, 0.3) is 0 Å². The number of ether oxygens (including phenoxy) is 2. The second-order valence-corrected chi connectivity index (χ2v) is 8.23. The van der Waals surface area contributed by atoms with Crippen LogP contribution in [0.3, 0.4) is 0 Å². The Kier molecular flexibility index (Phi) is 7.99. The number of nitrogens with zero attached hydrogens (tertiary/aromatic N) is 3. The lowest BCUT2D eigenvalue weighted by molar-refractivity contribution is -0.116. The first-order valence-electron chi connectivity index (χ1n) is 11.6. The fraction of sp³-hybridized carbons (Fsp3) is 0.185. The third kappa shape index (κ3) is 7.07. The average Bonchev–Trinajstić information content (AvgIpc) is 2.90. The van der Waals surface area contributed by atoms with Crippen LogP contribution in [0.1, 0.15) is 12.5 Å². The molecule has 0 radical (unpaired) electrons. The molecule has 0 spiro atoms. The van der Waals surface area contributed by atoms with Gasteiger partial charge in [-0.3, -0.25) is 4.79 Å². The van der Waals surface area contributed by atoms with Crippen molar-refractivity contribution in [2.45, 2.75) is 19.9 Å². The summed E-state index contributed by atoms with van der Waals surface area (Å²) >= 11 is 0. The van der Waals surface area contributed by atoms with Gasteiger partial charge in [0.2, 0.25) is 23.8 Å². The van der Waals surface area contributed by atoms with Crippen LogP contribution in [0.5, 0.6) is 11.5 Å². The Morgan fingerprint density at radius 1 is 0.676 bits per heavy atom. The molecule has 3 aromatic carbocycles. The predicted molar refractivity (Wildman–Crippen MR) is 145 cm³/mol. The van der Waals surface area contributed by atoms with Crippen LogP contribution in [0, 0.1) is 6.92 Å². The quantitative estimate of drug-likeness (QED) is 0.235. The lowest BCUT2D eigenvalue weighted by Gasteiger charge is -2.16. The van der Waals surface area contributed by atoms with Gasteiger partial charge < -0.3 is 30.7 Å². The lowest BCUT2D eigenvalue weighted by atomic mass is 10.2. The van der Waals surface area contributed by atoms with E-state index in [4.69, 9.17) is 9.47 Å². The summed E-state index contributed by atoms with van der Waals surface area (Å²) in [4.78, 5) is 26.2. The highest BCUT2D eigenvalue weighted by Gasteiger charge is 2.16. The zero-order valence-corrected chi connectivity index (χ0v) is 21.1. The monoisotopic (exact) mass is 499 g/mol. The molecule has 10 heteroatoms. The molecule has 4 rings (SSSR count). The summed E-state index contributed by atoms with van der Waals surface area (Å²) in [6.45, 7) is 3.73. The predicted octanol–water partition coefficient (Wildman–Crippen LogP) is 5.12. The van der Waals surface area contributed by atoms with Crippen molar-refractivity contribution in [1.82, 2.24) is 15.0 Å². The number of aromatic nitrogens is 3. The van der Waals surface area contributed by atoms with Gasteiger partial charge in [-0.1, -0.05) is 17.7 Å². The summed E-state index contributed by atoms with van der Waals surface area (Å²) < 4.78 is 10.4. The number of benzene rings is 3. The molecule has 10 nitrogen and oxygen atoms in total. The highest BCUT2D eigenvalue weighted by Crippen LogP contribution is 2.22. The van der Waals surface area contributed by atoms with Crippen molar-refractivity contribution in [1.29, 1.82) is 0 Å². The van der Waals surface area contributed by atoms with Gasteiger partial charge in [-0.25, -0.2) is 0 Å². The molecule has 0 bridgehead atoms. The van der Waals surface area contributed by atoms with Crippen molar-refractivity contribution in [3.8, 4) is 11.5 Å². The second-order valence-electron chi connectivity index (χ2n) is 8.23. The lowest BCUT2D eigenvalue weighted by Crippen LogP contribution is -2.32. The second kappa shape index (κ2) is 11.7. The zero-order chi connectivity index (χ0) is 26.2. The normalized spacial score (nSPS) is 11.2. The molecule has 190 valence electrons. The van der Waals surface area contributed by atoms with E-state index < -0.39 is 6.04 Å². The molecule has 37 heavy (non-hydrogen) atoms. The first-order chi connectivity index (χ1) is 17.9. The maximum Gasteiger partial charge on any atom is 0.246 e. The number of amides is 1. The Morgan fingerprint density at radius 2 is 1.11 bits per heavy atom. The highest BCUT2D eigenvalue weighted by molar-refractivity contribution is 5.96. The Hall–Kier alpha value is -4.86. The number of methoxy groups -OCH3 is 2. The minimum Gasteiger partial charge on any atom is -0.497 e. The van der Waals surface area contributed by atoms with Crippen LogP contribution in [0.4, 0.5) is 34.9 Å². The average molecular weight is 500 g/mol. The van der Waals surface area contributed by atoms with E-state index in [9.17, 15) is 4.79 Å². The number of carbonyl (C=O) groups is 1. The van der Waals surface area contributed by atoms with Crippen molar-refractivity contribution < 1.29 is 14.3 Å². The van der Waals surface area contributed by atoms with E-state index in [0.717, 1.165) is 28.4 Å². The van der Waals surface area contributed by atoms with Gasteiger partial charge in [-0.2, -0.15) is 15.0 Å². The summed E-state index contributed by atoms with van der Waals surface area (Å²) in [5, 5.41) is 12.3. The van der Waals surface area contributed by atoms with Gasteiger partial charge in [-0.15, -0.1) is 0 Å². The van der Waals surface area contributed by atoms with Gasteiger partial charge >= 0.3 is 0 Å². The van der Waals surface area contributed by atoms with Gasteiger partial charge in [0.1, 0.15) is 17.5 Å². The summed E-state index contributed by atoms with van der Waals surface area (Å²) in [7, 11) is 3.22. The van der Waals surface area contributed by atoms with Crippen LogP contribution in [0.2, 0.25) is 0 Å². The molecule has 1 heterocycles. The van der Waals surface area contributed by atoms with Crippen molar-refractivity contribution in [2.24, 2.45) is 0 Å². The fourth-order valence-corrected chi connectivity index (χ4v) is 3.31. The van der Waals surface area contributed by atoms with E-state index in [1.165, 1.54) is 0 Å². The van der Waals surface area contributed by atoms with Crippen molar-refractivity contribution in [3.63, 3.8) is 0 Å². The maximum absolute atomic E-state index is 12.8. The molecule has 4 aromatic rings. The van der Waals surface area contributed by atoms with Crippen molar-refractivity contribution in [3.05, 3.63) is 78.4 Å². The summed E-state index contributed by atoms with van der Waals surface area (Å²) in [6.07, 6.45) is 0. The van der Waals surface area contributed by atoms with Crippen LogP contribution in [-0.4, -0.2) is 41.1 Å². The number of rotatable bonds is 10. The highest BCUT2D eigenvalue weighted by atomic mass is 16.5. The Labute approximate surface area is 215 Å². The fourth-order valence-electron chi connectivity index (χ4n) is 3.31. The molecule has 4 N–H and O–H groups in total. The van der Waals surface area contributed by atoms with Gasteiger partial charge in [0.25, 0.3) is 0 Å². The Bertz CT molecular complexity index is 1260. The largest absolute Gasteiger partial charge is 0.497 e. The van der Waals surface area contributed by atoms with Crippen molar-refractivity contribution >= 4 is 40.8 Å². The number of aryl methyl sites for hydroxylation is 1. The van der Waals surface area contributed by atoms with Gasteiger partial charge in [-0.05, 0) is 74.5 Å². The molecule has 1 aromatic heterocycles. The number of hydrogen-bond acceptors (Lipinski definition) is 9. The topological polar surface area (TPSA) is 122 Å². The first kappa shape index (κ1) is 25.2. The molecule has 1 atom stereocenters. The smallest absolute Gasteiger partial charge is 0.246 e. The molecular weight excluding hydrogens is 470 g/mol. The molecule has 0 aliphatic rings. The van der Waals surface area contributed by atoms with E-state index >= 15 is 0 Å². The molecule has 0 aliphatic heterocycles. The molecule has 1 amide bonds. The number of nitrogens with one attached hydrogen (secondary N) is 4. The van der Waals surface area contributed by atoms with Gasteiger partial charge in [0, 0.05) is 17.1 Å². The number of carbonyl (C=O) groups excluding carboxylic acids is 1. The number of hydrogen-bond donors (Lipinski definition) is 4. The first-order valence-corrected chi connectivity index (χ1v) is 11.6. The van der Waals surface area contributed by atoms with Crippen LogP contribution in [0.15, 0.2) is 72.8 Å². The van der Waals surface area contributed by atoms with E-state index in [1.54, 1.807) is 21.1 Å². The van der Waals surface area contributed by atoms with E-state index in [-0.39, 0.29) is 11.9 Å². The van der Waals surface area contributed by atoms with Crippen LogP contribution < -0.4 is 30.7 Å². The molecule has 1 unspecified atom stereocenters. The summed E-state index contributed by atoms with van der Waals surface area (Å²) in [6, 6.07) is 21.7. The molecule has 0 saturated heterocycles. The van der Waals surface area contributed by atoms with Gasteiger partial charge in [0.05, 0.1) is 14.2 Å². The van der Waals surface area contributed by atoms with Crippen molar-refractivity contribution in [2.75, 3.05) is 35.5 Å². The summed E-state index contributed by atoms with van der Waals surface area (Å²) in [5.74, 6) is 2.07. The third-order valence-electron chi connectivity index (χ3n) is 5.39. The van der Waals surface area contributed by atoms with E-state index in [1.807, 2.05) is 79.7 Å². The van der Waals surface area contributed by atoms with E-state index in [0.29, 0.717) is 17.6 Å². The molecule has 0 aliphatic carbocycles. The summed E-state index contributed by atoms with van der Waals surface area (Å²) in [5.41, 5.74) is 3.35.